The van der Waals surface area contributed by atoms with Gasteiger partial charge in [0.15, 0.2) is 5.82 Å². The van der Waals surface area contributed by atoms with Gasteiger partial charge < -0.3 is 15.8 Å². The molecule has 1 aliphatic carbocycles. The minimum atomic E-state index is -0.729. The van der Waals surface area contributed by atoms with Gasteiger partial charge in [0.2, 0.25) is 0 Å². The highest BCUT2D eigenvalue weighted by Crippen LogP contribution is 2.30. The average Bonchev–Trinajstić information content (AvgIpc) is 2.22. The van der Waals surface area contributed by atoms with Crippen LogP contribution in [0.25, 0.3) is 0 Å². The number of anilines is 2. The molecule has 0 aromatic heterocycles. The summed E-state index contributed by atoms with van der Waals surface area (Å²) in [5.41, 5.74) is 5.82. The molecule has 1 saturated carbocycles. The highest BCUT2D eigenvalue weighted by atomic mass is 19.1. The van der Waals surface area contributed by atoms with E-state index in [0.29, 0.717) is 12.3 Å². The smallest absolute Gasteiger partial charge is 0.151 e. The summed E-state index contributed by atoms with van der Waals surface area (Å²) in [6.07, 6.45) is 1.92. The molecular weight excluding hydrogens is 226 g/mol. The molecule has 2 rings (SSSR count). The summed E-state index contributed by atoms with van der Waals surface area (Å²) in [5, 5.41) is 3.03. The molecule has 0 amide bonds. The Morgan fingerprint density at radius 1 is 1.41 bits per heavy atom. The van der Waals surface area contributed by atoms with Gasteiger partial charge in [-0.05, 0) is 25.8 Å². The van der Waals surface area contributed by atoms with Crippen LogP contribution in [0.4, 0.5) is 20.2 Å². The second-order valence-corrected chi connectivity index (χ2v) is 4.24. The van der Waals surface area contributed by atoms with Crippen LogP contribution in [0.2, 0.25) is 0 Å². The Morgan fingerprint density at radius 3 is 2.76 bits per heavy atom. The molecule has 1 aromatic rings. The van der Waals surface area contributed by atoms with Crippen molar-refractivity contribution >= 4 is 11.4 Å². The fourth-order valence-electron chi connectivity index (χ4n) is 1.98. The first-order valence-corrected chi connectivity index (χ1v) is 5.72. The Labute approximate surface area is 98.9 Å². The van der Waals surface area contributed by atoms with E-state index >= 15 is 0 Å². The Morgan fingerprint density at radius 2 is 2.12 bits per heavy atom. The summed E-state index contributed by atoms with van der Waals surface area (Å²) in [7, 11) is 0. The Bertz CT molecular complexity index is 406. The van der Waals surface area contributed by atoms with Gasteiger partial charge in [0.25, 0.3) is 0 Å². The fraction of sp³-hybridized carbons (Fsp3) is 0.500. The van der Waals surface area contributed by atoms with Crippen LogP contribution in [0.3, 0.4) is 0 Å². The van der Waals surface area contributed by atoms with Crippen LogP contribution in [-0.4, -0.2) is 18.8 Å². The normalized spacial score (nSPS) is 23.2. The maximum atomic E-state index is 13.2. The number of rotatable bonds is 4. The van der Waals surface area contributed by atoms with Crippen LogP contribution in [0.5, 0.6) is 0 Å². The van der Waals surface area contributed by atoms with Crippen LogP contribution in [0.1, 0.15) is 19.8 Å². The zero-order valence-electron chi connectivity index (χ0n) is 9.67. The highest BCUT2D eigenvalue weighted by Gasteiger charge is 2.30. The minimum absolute atomic E-state index is 0.0359. The van der Waals surface area contributed by atoms with Crippen molar-refractivity contribution in [1.29, 1.82) is 0 Å². The van der Waals surface area contributed by atoms with Crippen molar-refractivity contribution in [1.82, 2.24) is 0 Å². The third-order valence-corrected chi connectivity index (χ3v) is 2.95. The van der Waals surface area contributed by atoms with Gasteiger partial charge in [0, 0.05) is 18.7 Å². The summed E-state index contributed by atoms with van der Waals surface area (Å²) in [4.78, 5) is 0. The lowest BCUT2D eigenvalue weighted by molar-refractivity contribution is 0.00300. The summed E-state index contributed by atoms with van der Waals surface area (Å²) in [5.74, 6) is -1.35. The Balaban J connectivity index is 1.96. The second kappa shape index (κ2) is 4.87. The summed E-state index contributed by atoms with van der Waals surface area (Å²) >= 11 is 0. The Kier molecular flexibility index (Phi) is 3.47. The van der Waals surface area contributed by atoms with Crippen LogP contribution >= 0.6 is 0 Å². The SMILES string of the molecule is CCOC1CC(Nc2cc(F)cc(F)c2N)C1. The van der Waals surface area contributed by atoms with E-state index in [1.807, 2.05) is 6.92 Å². The van der Waals surface area contributed by atoms with Crippen LogP contribution < -0.4 is 11.1 Å². The van der Waals surface area contributed by atoms with Gasteiger partial charge in [-0.1, -0.05) is 0 Å². The molecule has 0 heterocycles. The summed E-state index contributed by atoms with van der Waals surface area (Å²) < 4.78 is 31.6. The first-order valence-electron chi connectivity index (χ1n) is 5.72. The molecule has 0 aliphatic heterocycles. The van der Waals surface area contributed by atoms with Gasteiger partial charge in [-0.2, -0.15) is 0 Å². The standard InChI is InChI=1S/C12H16F2N2O/c1-2-17-9-5-8(6-9)16-11-4-7(13)3-10(14)12(11)15/h3-4,8-9,16H,2,5-6,15H2,1H3. The van der Waals surface area contributed by atoms with E-state index < -0.39 is 11.6 Å². The highest BCUT2D eigenvalue weighted by molar-refractivity contribution is 5.67. The van der Waals surface area contributed by atoms with Crippen molar-refractivity contribution in [2.45, 2.75) is 31.9 Å². The van der Waals surface area contributed by atoms with E-state index in [2.05, 4.69) is 5.32 Å². The number of benzene rings is 1. The first kappa shape index (κ1) is 12.1. The van der Waals surface area contributed by atoms with Gasteiger partial charge in [0.05, 0.1) is 17.5 Å². The molecule has 17 heavy (non-hydrogen) atoms. The molecule has 1 aromatic carbocycles. The molecule has 0 unspecified atom stereocenters. The van der Waals surface area contributed by atoms with E-state index in [0.717, 1.165) is 18.9 Å². The van der Waals surface area contributed by atoms with Crippen molar-refractivity contribution in [3.63, 3.8) is 0 Å². The zero-order chi connectivity index (χ0) is 12.4. The lowest BCUT2D eigenvalue weighted by atomic mass is 9.89. The molecule has 1 fully saturated rings. The monoisotopic (exact) mass is 242 g/mol. The number of halogens is 2. The molecule has 5 heteroatoms. The Hall–Kier alpha value is -1.36. The number of hydrogen-bond donors (Lipinski definition) is 2. The van der Waals surface area contributed by atoms with Gasteiger partial charge >= 0.3 is 0 Å². The molecule has 0 bridgehead atoms. The number of nitrogens with one attached hydrogen (secondary N) is 1. The van der Waals surface area contributed by atoms with Crippen molar-refractivity contribution in [3.8, 4) is 0 Å². The minimum Gasteiger partial charge on any atom is -0.395 e. The summed E-state index contributed by atoms with van der Waals surface area (Å²) in [6, 6.07) is 2.17. The topological polar surface area (TPSA) is 47.3 Å². The van der Waals surface area contributed by atoms with Crippen LogP contribution in [0, 0.1) is 11.6 Å². The van der Waals surface area contributed by atoms with Crippen molar-refractivity contribution in [2.24, 2.45) is 0 Å². The lowest BCUT2D eigenvalue weighted by Crippen LogP contribution is -2.41. The third-order valence-electron chi connectivity index (χ3n) is 2.95. The number of nitrogen functional groups attached to an aromatic ring is 1. The largest absolute Gasteiger partial charge is 0.395 e. The van der Waals surface area contributed by atoms with E-state index in [1.165, 1.54) is 6.07 Å². The number of hydrogen-bond acceptors (Lipinski definition) is 3. The molecule has 0 radical (unpaired) electrons. The molecule has 1 aliphatic rings. The van der Waals surface area contributed by atoms with Gasteiger partial charge in [0.1, 0.15) is 5.82 Å². The van der Waals surface area contributed by atoms with E-state index in [1.54, 1.807) is 0 Å². The van der Waals surface area contributed by atoms with Gasteiger partial charge in [-0.3, -0.25) is 0 Å². The van der Waals surface area contributed by atoms with Crippen LogP contribution in [0.15, 0.2) is 12.1 Å². The van der Waals surface area contributed by atoms with E-state index in [9.17, 15) is 8.78 Å². The third kappa shape index (κ3) is 2.66. The maximum absolute atomic E-state index is 13.2. The average molecular weight is 242 g/mol. The maximum Gasteiger partial charge on any atom is 0.151 e. The van der Waals surface area contributed by atoms with E-state index in [-0.39, 0.29) is 17.8 Å². The van der Waals surface area contributed by atoms with Crippen LogP contribution in [-0.2, 0) is 4.74 Å². The van der Waals surface area contributed by atoms with Crippen molar-refractivity contribution in [2.75, 3.05) is 17.7 Å². The molecule has 0 spiro atoms. The van der Waals surface area contributed by atoms with E-state index in [4.69, 9.17) is 10.5 Å². The quantitative estimate of drug-likeness (QED) is 0.797. The lowest BCUT2D eigenvalue weighted by Gasteiger charge is -2.36. The zero-order valence-corrected chi connectivity index (χ0v) is 9.67. The molecule has 0 saturated heterocycles. The van der Waals surface area contributed by atoms with Crippen molar-refractivity contribution < 1.29 is 13.5 Å². The molecule has 3 nitrogen and oxygen atoms in total. The predicted octanol–water partition coefficient (Wildman–Crippen LogP) is 2.53. The number of nitrogens with two attached hydrogens (primary N) is 1. The predicted molar refractivity (Wildman–Crippen MR) is 62.8 cm³/mol. The number of ether oxygens (including phenoxy) is 1. The molecular formula is C12H16F2N2O. The second-order valence-electron chi connectivity index (χ2n) is 4.24. The first-order chi connectivity index (χ1) is 8.10. The van der Waals surface area contributed by atoms with Crippen molar-refractivity contribution in [3.05, 3.63) is 23.8 Å². The molecule has 94 valence electrons. The molecule has 0 atom stereocenters. The molecule has 3 N–H and O–H groups in total. The van der Waals surface area contributed by atoms with Gasteiger partial charge in [-0.15, -0.1) is 0 Å². The summed E-state index contributed by atoms with van der Waals surface area (Å²) in [6.45, 7) is 2.63. The van der Waals surface area contributed by atoms with Gasteiger partial charge in [-0.25, -0.2) is 8.78 Å². The fourth-order valence-corrected chi connectivity index (χ4v) is 1.98.